The van der Waals surface area contributed by atoms with Gasteiger partial charge < -0.3 is 9.31 Å². The van der Waals surface area contributed by atoms with Crippen molar-refractivity contribution in [2.45, 2.75) is 65.6 Å². The Hall–Kier alpha value is -1.14. The van der Waals surface area contributed by atoms with Crippen molar-refractivity contribution in [1.29, 1.82) is 0 Å². The molecule has 1 aliphatic heterocycles. The van der Waals surface area contributed by atoms with E-state index in [1.54, 1.807) is 10.8 Å². The zero-order valence-corrected chi connectivity index (χ0v) is 13.4. The Kier molecular flexibility index (Phi) is 3.59. The molecule has 0 aliphatic carbocycles. The Morgan fingerprint density at radius 3 is 2.10 bits per heavy atom. The Labute approximate surface area is 120 Å². The summed E-state index contributed by atoms with van der Waals surface area (Å²) in [5, 5.41) is 0. The van der Waals surface area contributed by atoms with E-state index in [4.69, 9.17) is 9.31 Å². The van der Waals surface area contributed by atoms with Crippen molar-refractivity contribution in [3.05, 3.63) is 12.0 Å². The van der Waals surface area contributed by atoms with Gasteiger partial charge in [0.25, 0.3) is 0 Å². The summed E-state index contributed by atoms with van der Waals surface area (Å²) in [4.78, 5) is 16.2. The van der Waals surface area contributed by atoms with Crippen molar-refractivity contribution in [3.8, 4) is 0 Å². The van der Waals surface area contributed by atoms with Gasteiger partial charge in [0.05, 0.1) is 16.8 Å². The summed E-state index contributed by atoms with van der Waals surface area (Å²) in [6.45, 7) is 13.5. The molecule has 1 aromatic rings. The number of imidazole rings is 1. The van der Waals surface area contributed by atoms with E-state index in [2.05, 4.69) is 4.98 Å². The number of hydrogen-bond acceptors (Lipinski definition) is 4. The second-order valence-electron chi connectivity index (χ2n) is 6.66. The number of nitrogens with zero attached hydrogens (tertiary/aromatic N) is 2. The van der Waals surface area contributed by atoms with E-state index in [9.17, 15) is 4.79 Å². The van der Waals surface area contributed by atoms with Gasteiger partial charge in [0.15, 0.2) is 0 Å². The zero-order chi connectivity index (χ0) is 15.3. The Bertz CT molecular complexity index is 519. The highest BCUT2D eigenvalue weighted by Gasteiger charge is 2.52. The second-order valence-corrected chi connectivity index (χ2v) is 6.66. The molecule has 6 heteroatoms. The number of carbonyl (C=O) groups excluding carboxylic acids is 1. The first-order valence-electron chi connectivity index (χ1n) is 7.01. The van der Waals surface area contributed by atoms with Crippen molar-refractivity contribution < 1.29 is 14.1 Å². The average molecular weight is 278 g/mol. The molecule has 1 saturated heterocycles. The van der Waals surface area contributed by atoms with Crippen LogP contribution in [0.2, 0.25) is 0 Å². The fourth-order valence-electron chi connectivity index (χ4n) is 2.15. The molecule has 1 aliphatic rings. The number of aromatic nitrogens is 2. The highest BCUT2D eigenvalue weighted by molar-refractivity contribution is 6.61. The smallest absolute Gasteiger partial charge is 0.398 e. The van der Waals surface area contributed by atoms with E-state index in [1.807, 2.05) is 41.5 Å². The molecule has 0 radical (unpaired) electrons. The van der Waals surface area contributed by atoms with Crippen molar-refractivity contribution in [2.75, 3.05) is 0 Å². The molecule has 1 aromatic heterocycles. The van der Waals surface area contributed by atoms with E-state index in [0.717, 1.165) is 5.82 Å². The van der Waals surface area contributed by atoms with Gasteiger partial charge in [-0.15, -0.1) is 0 Å². The molecule has 0 N–H and O–H groups in total. The molecule has 2 rings (SSSR count). The van der Waals surface area contributed by atoms with Crippen LogP contribution in [0.5, 0.6) is 0 Å². The minimum Gasteiger partial charge on any atom is -0.398 e. The van der Waals surface area contributed by atoms with E-state index < -0.39 is 18.3 Å². The van der Waals surface area contributed by atoms with Crippen LogP contribution in [0.25, 0.3) is 0 Å². The first kappa shape index (κ1) is 15.3. The summed E-state index contributed by atoms with van der Waals surface area (Å²) in [6.07, 6.45) is 1.72. The molecule has 1 fully saturated rings. The van der Waals surface area contributed by atoms with Crippen LogP contribution < -0.4 is 5.59 Å². The number of carbonyl (C=O) groups is 1. The third-order valence-corrected chi connectivity index (χ3v) is 4.10. The van der Waals surface area contributed by atoms with E-state index in [-0.39, 0.29) is 11.8 Å². The van der Waals surface area contributed by atoms with Crippen LogP contribution in [0, 0.1) is 0 Å². The molecule has 0 saturated carbocycles. The van der Waals surface area contributed by atoms with Crippen molar-refractivity contribution in [1.82, 2.24) is 9.55 Å². The summed E-state index contributed by atoms with van der Waals surface area (Å²) >= 11 is 0. The maximum atomic E-state index is 11.7. The molecule has 2 heterocycles. The maximum absolute atomic E-state index is 11.7. The van der Waals surface area contributed by atoms with Crippen LogP contribution in [0.15, 0.2) is 6.20 Å². The fourth-order valence-corrected chi connectivity index (χ4v) is 2.15. The topological polar surface area (TPSA) is 53.4 Å². The van der Waals surface area contributed by atoms with Crippen LogP contribution in [0.4, 0.5) is 0 Å². The molecule has 5 nitrogen and oxygen atoms in total. The van der Waals surface area contributed by atoms with Gasteiger partial charge >= 0.3 is 7.12 Å². The lowest BCUT2D eigenvalue weighted by atomic mass is 9.86. The molecule has 0 amide bonds. The average Bonchev–Trinajstić information content (AvgIpc) is 2.79. The van der Waals surface area contributed by atoms with Gasteiger partial charge in [-0.3, -0.25) is 9.36 Å². The Balaban J connectivity index is 2.36. The Morgan fingerprint density at radius 2 is 1.75 bits per heavy atom. The zero-order valence-electron chi connectivity index (χ0n) is 13.4. The number of rotatable bonds is 2. The normalized spacial score (nSPS) is 20.7. The predicted molar refractivity (Wildman–Crippen MR) is 78.3 cm³/mol. The summed E-state index contributed by atoms with van der Waals surface area (Å²) in [5.74, 6) is 0.848. The molecule has 0 aromatic carbocycles. The van der Waals surface area contributed by atoms with Gasteiger partial charge in [0.2, 0.25) is 5.91 Å². The van der Waals surface area contributed by atoms with Crippen LogP contribution in [-0.2, 0) is 9.31 Å². The molecule has 0 unspecified atom stereocenters. The fraction of sp³-hybridized carbons (Fsp3) is 0.714. The summed E-state index contributed by atoms with van der Waals surface area (Å²) in [5.41, 5.74) is -0.159. The lowest BCUT2D eigenvalue weighted by Crippen LogP contribution is -2.41. The predicted octanol–water partition coefficient (Wildman–Crippen LogP) is 1.97. The van der Waals surface area contributed by atoms with Gasteiger partial charge in [-0.2, -0.15) is 0 Å². The molecular weight excluding hydrogens is 255 g/mol. The Morgan fingerprint density at radius 1 is 1.25 bits per heavy atom. The van der Waals surface area contributed by atoms with Crippen LogP contribution in [-0.4, -0.2) is 33.8 Å². The summed E-state index contributed by atoms with van der Waals surface area (Å²) in [7, 11) is -0.530. The molecule has 0 atom stereocenters. The van der Waals surface area contributed by atoms with Crippen LogP contribution >= 0.6 is 0 Å². The van der Waals surface area contributed by atoms with Gasteiger partial charge in [-0.1, -0.05) is 13.8 Å². The van der Waals surface area contributed by atoms with Crippen molar-refractivity contribution >= 4 is 18.6 Å². The molecule has 20 heavy (non-hydrogen) atoms. The first-order valence-corrected chi connectivity index (χ1v) is 7.01. The highest BCUT2D eigenvalue weighted by Crippen LogP contribution is 2.36. The largest absolute Gasteiger partial charge is 0.516 e. The van der Waals surface area contributed by atoms with Gasteiger partial charge in [0.1, 0.15) is 5.82 Å². The second kappa shape index (κ2) is 4.70. The minimum atomic E-state index is -0.530. The molecule has 0 spiro atoms. The van der Waals surface area contributed by atoms with Gasteiger partial charge in [-0.25, -0.2) is 4.98 Å². The first-order chi connectivity index (χ1) is 9.05. The standard InChI is InChI=1S/C14H23BN2O3/c1-9(2)12-16-11(8-17(12)10(3)18)15-19-13(4,5)14(6,7)20-15/h8-9H,1-7H3. The minimum absolute atomic E-state index is 0.0519. The summed E-state index contributed by atoms with van der Waals surface area (Å²) < 4.78 is 13.5. The van der Waals surface area contributed by atoms with Crippen LogP contribution in [0.1, 0.15) is 65.0 Å². The van der Waals surface area contributed by atoms with E-state index in [1.165, 1.54) is 6.92 Å². The highest BCUT2D eigenvalue weighted by atomic mass is 16.7. The van der Waals surface area contributed by atoms with Crippen molar-refractivity contribution in [2.24, 2.45) is 0 Å². The lowest BCUT2D eigenvalue weighted by Gasteiger charge is -2.32. The molecule has 110 valence electrons. The quantitative estimate of drug-likeness (QED) is 0.776. The van der Waals surface area contributed by atoms with Crippen molar-refractivity contribution in [3.63, 3.8) is 0 Å². The molecular formula is C14H23BN2O3. The number of hydrogen-bond donors (Lipinski definition) is 0. The van der Waals surface area contributed by atoms with Gasteiger partial charge in [-0.05, 0) is 27.7 Å². The third-order valence-electron chi connectivity index (χ3n) is 4.10. The molecule has 0 bridgehead atoms. The van der Waals surface area contributed by atoms with Gasteiger partial charge in [0, 0.05) is 19.0 Å². The van der Waals surface area contributed by atoms with E-state index in [0.29, 0.717) is 5.59 Å². The van der Waals surface area contributed by atoms with E-state index >= 15 is 0 Å². The monoisotopic (exact) mass is 278 g/mol. The third kappa shape index (κ3) is 2.42. The SMILES string of the molecule is CC(=O)n1cc(B2OC(C)(C)C(C)(C)O2)nc1C(C)C. The summed E-state index contributed by atoms with van der Waals surface area (Å²) in [6, 6.07) is 0. The maximum Gasteiger partial charge on any atom is 0.516 e. The van der Waals surface area contributed by atoms with Crippen LogP contribution in [0.3, 0.4) is 0 Å². The lowest BCUT2D eigenvalue weighted by molar-refractivity contribution is 0.00578.